The van der Waals surface area contributed by atoms with Crippen LogP contribution >= 0.6 is 0 Å². The van der Waals surface area contributed by atoms with Crippen LogP contribution in [0.4, 0.5) is 13.2 Å². The first-order chi connectivity index (χ1) is 12.3. The molecule has 0 saturated heterocycles. The molecule has 1 N–H and O–H groups in total. The molecule has 0 spiro atoms. The van der Waals surface area contributed by atoms with Crippen molar-refractivity contribution < 1.29 is 31.1 Å². The van der Waals surface area contributed by atoms with Crippen LogP contribution in [0.5, 0.6) is 11.5 Å². The highest BCUT2D eigenvalue weighted by Gasteiger charge is 2.31. The van der Waals surface area contributed by atoms with E-state index in [1.807, 2.05) is 0 Å². The van der Waals surface area contributed by atoms with Gasteiger partial charge in [0.25, 0.3) is 0 Å². The average Bonchev–Trinajstić information content (AvgIpc) is 2.58. The maximum Gasteiger partial charge on any atom is 0.573 e. The Kier molecular flexibility index (Phi) is 6.43. The lowest BCUT2D eigenvalue weighted by molar-refractivity contribution is -0.274. The van der Waals surface area contributed by atoms with Gasteiger partial charge < -0.3 is 9.47 Å². The fourth-order valence-corrected chi connectivity index (χ4v) is 2.62. The van der Waals surface area contributed by atoms with Crippen LogP contribution in [0.3, 0.4) is 0 Å². The Balaban J connectivity index is 1.84. The molecule has 1 aromatic heterocycles. The standard InChI is InChI=1S/C16H13F3N2O4S/c17-16(18,19)25-13-5-7-15(8-6-13)26(22,23)21-10-1-2-11-24-14-4-3-9-20-12-14/h3-9,12,21H,10-11H2. The molecular formula is C16H13F3N2O4S. The lowest BCUT2D eigenvalue weighted by Crippen LogP contribution is -2.24. The van der Waals surface area contributed by atoms with Crippen LogP contribution in [0.15, 0.2) is 53.7 Å². The third kappa shape index (κ3) is 6.62. The van der Waals surface area contributed by atoms with Crippen molar-refractivity contribution in [1.29, 1.82) is 0 Å². The molecular weight excluding hydrogens is 373 g/mol. The van der Waals surface area contributed by atoms with Gasteiger partial charge in [0, 0.05) is 6.20 Å². The quantitative estimate of drug-likeness (QED) is 0.772. The largest absolute Gasteiger partial charge is 0.573 e. The van der Waals surface area contributed by atoms with E-state index in [1.165, 1.54) is 6.20 Å². The van der Waals surface area contributed by atoms with Crippen LogP contribution in [0.1, 0.15) is 0 Å². The van der Waals surface area contributed by atoms with E-state index in [1.54, 1.807) is 18.3 Å². The van der Waals surface area contributed by atoms with Crippen LogP contribution in [-0.2, 0) is 10.0 Å². The van der Waals surface area contributed by atoms with E-state index in [9.17, 15) is 21.6 Å². The zero-order valence-corrected chi connectivity index (χ0v) is 14.0. The third-order valence-corrected chi connectivity index (χ3v) is 4.21. The zero-order chi connectivity index (χ0) is 19.0. The maximum absolute atomic E-state index is 12.1. The normalized spacial score (nSPS) is 11.3. The first-order valence-electron chi connectivity index (χ1n) is 7.10. The number of sulfonamides is 1. The second-order valence-electron chi connectivity index (χ2n) is 4.67. The summed E-state index contributed by atoms with van der Waals surface area (Å²) < 4.78 is 71.4. The number of benzene rings is 1. The molecule has 0 fully saturated rings. The molecule has 0 radical (unpaired) electrons. The Morgan fingerprint density at radius 1 is 1.08 bits per heavy atom. The van der Waals surface area contributed by atoms with Gasteiger partial charge >= 0.3 is 6.36 Å². The maximum atomic E-state index is 12.1. The second-order valence-corrected chi connectivity index (χ2v) is 6.44. The van der Waals surface area contributed by atoms with Gasteiger partial charge in [-0.15, -0.1) is 13.2 Å². The molecule has 2 rings (SSSR count). The zero-order valence-electron chi connectivity index (χ0n) is 13.2. The number of ether oxygens (including phenoxy) is 2. The summed E-state index contributed by atoms with van der Waals surface area (Å²) in [6.07, 6.45) is -1.74. The molecule has 0 amide bonds. The predicted molar refractivity (Wildman–Crippen MR) is 85.8 cm³/mol. The Bertz CT molecular complexity index is 874. The number of rotatable bonds is 6. The number of pyridine rings is 1. The van der Waals surface area contributed by atoms with Crippen molar-refractivity contribution in [3.63, 3.8) is 0 Å². The van der Waals surface area contributed by atoms with Gasteiger partial charge in [-0.3, -0.25) is 4.98 Å². The fraction of sp³-hybridized carbons (Fsp3) is 0.188. The van der Waals surface area contributed by atoms with Crippen LogP contribution in [0.2, 0.25) is 0 Å². The van der Waals surface area contributed by atoms with Crippen LogP contribution < -0.4 is 14.2 Å². The van der Waals surface area contributed by atoms with E-state index in [0.29, 0.717) is 5.75 Å². The van der Waals surface area contributed by atoms with Gasteiger partial charge in [0.1, 0.15) is 18.1 Å². The smallest absolute Gasteiger partial charge is 0.479 e. The van der Waals surface area contributed by atoms with E-state index < -0.39 is 22.1 Å². The number of alkyl halides is 3. The van der Waals surface area contributed by atoms with Crippen LogP contribution in [0.25, 0.3) is 0 Å². The van der Waals surface area contributed by atoms with Crippen molar-refractivity contribution in [2.24, 2.45) is 0 Å². The summed E-state index contributed by atoms with van der Waals surface area (Å²) in [5, 5.41) is 0. The Morgan fingerprint density at radius 2 is 1.81 bits per heavy atom. The fourth-order valence-electron chi connectivity index (χ4n) is 1.70. The highest BCUT2D eigenvalue weighted by atomic mass is 32.2. The molecule has 0 unspecified atom stereocenters. The molecule has 138 valence electrons. The molecule has 1 aromatic carbocycles. The minimum absolute atomic E-state index is 0.0525. The van der Waals surface area contributed by atoms with E-state index >= 15 is 0 Å². The molecule has 26 heavy (non-hydrogen) atoms. The highest BCUT2D eigenvalue weighted by molar-refractivity contribution is 7.89. The first kappa shape index (κ1) is 19.6. The van der Waals surface area contributed by atoms with Crippen molar-refractivity contribution in [2.45, 2.75) is 11.3 Å². The van der Waals surface area contributed by atoms with Gasteiger partial charge in [0.2, 0.25) is 10.0 Å². The number of aromatic nitrogens is 1. The lowest BCUT2D eigenvalue weighted by atomic mass is 10.3. The summed E-state index contributed by atoms with van der Waals surface area (Å²) >= 11 is 0. The van der Waals surface area contributed by atoms with Crippen molar-refractivity contribution in [1.82, 2.24) is 9.71 Å². The minimum atomic E-state index is -4.84. The summed E-state index contributed by atoms with van der Waals surface area (Å²) in [6.45, 7) is -0.129. The summed E-state index contributed by atoms with van der Waals surface area (Å²) in [6, 6.07) is 7.22. The van der Waals surface area contributed by atoms with E-state index in [-0.39, 0.29) is 18.0 Å². The molecule has 2 aromatic rings. The van der Waals surface area contributed by atoms with E-state index in [0.717, 1.165) is 24.3 Å². The van der Waals surface area contributed by atoms with Gasteiger partial charge in [-0.2, -0.15) is 4.72 Å². The Hall–Kier alpha value is -2.77. The molecule has 0 saturated carbocycles. The molecule has 0 bridgehead atoms. The number of hydrogen-bond acceptors (Lipinski definition) is 5. The Labute approximate surface area is 148 Å². The molecule has 6 nitrogen and oxygen atoms in total. The van der Waals surface area contributed by atoms with Crippen molar-refractivity contribution in [3.05, 3.63) is 48.8 Å². The monoisotopic (exact) mass is 386 g/mol. The van der Waals surface area contributed by atoms with E-state index in [2.05, 4.69) is 26.3 Å². The van der Waals surface area contributed by atoms with Gasteiger partial charge in [-0.05, 0) is 36.4 Å². The molecule has 0 atom stereocenters. The summed E-state index contributed by atoms with van der Waals surface area (Å²) in [5.41, 5.74) is 0. The SMILES string of the molecule is O=S(=O)(NCC#CCOc1cccnc1)c1ccc(OC(F)(F)F)cc1. The number of hydrogen-bond donors (Lipinski definition) is 1. The van der Waals surface area contributed by atoms with Gasteiger partial charge in [0.15, 0.2) is 0 Å². The topological polar surface area (TPSA) is 77.5 Å². The summed E-state index contributed by atoms with van der Waals surface area (Å²) in [4.78, 5) is 3.65. The molecule has 0 aliphatic rings. The van der Waals surface area contributed by atoms with Crippen molar-refractivity contribution in [3.8, 4) is 23.3 Å². The summed E-state index contributed by atoms with van der Waals surface area (Å²) in [5.74, 6) is 5.21. The molecule has 1 heterocycles. The van der Waals surface area contributed by atoms with Gasteiger partial charge in [-0.25, -0.2) is 8.42 Å². The van der Waals surface area contributed by atoms with Gasteiger partial charge in [0.05, 0.1) is 17.6 Å². The Morgan fingerprint density at radius 3 is 2.42 bits per heavy atom. The van der Waals surface area contributed by atoms with Crippen LogP contribution in [-0.4, -0.2) is 32.9 Å². The third-order valence-electron chi connectivity index (χ3n) is 2.79. The van der Waals surface area contributed by atoms with E-state index in [4.69, 9.17) is 4.74 Å². The lowest BCUT2D eigenvalue weighted by Gasteiger charge is -2.09. The van der Waals surface area contributed by atoms with Gasteiger partial charge in [-0.1, -0.05) is 11.8 Å². The molecule has 0 aliphatic carbocycles. The second kappa shape index (κ2) is 8.55. The molecule has 0 aliphatic heterocycles. The number of nitrogens with zero attached hydrogens (tertiary/aromatic N) is 1. The number of nitrogens with one attached hydrogen (secondary N) is 1. The summed E-state index contributed by atoms with van der Waals surface area (Å²) in [7, 11) is -3.90. The van der Waals surface area contributed by atoms with Crippen molar-refractivity contribution >= 4 is 10.0 Å². The molecule has 10 heteroatoms. The first-order valence-corrected chi connectivity index (χ1v) is 8.59. The highest BCUT2D eigenvalue weighted by Crippen LogP contribution is 2.23. The minimum Gasteiger partial charge on any atom is -0.479 e. The van der Waals surface area contributed by atoms with Crippen molar-refractivity contribution in [2.75, 3.05) is 13.2 Å². The predicted octanol–water partition coefficient (Wildman–Crippen LogP) is 2.34. The average molecular weight is 386 g/mol. The van der Waals surface area contributed by atoms with Crippen LogP contribution in [0, 0.1) is 11.8 Å². The number of halogens is 3.